The molecule has 0 aliphatic carbocycles. The van der Waals surface area contributed by atoms with Crippen LogP contribution in [0.3, 0.4) is 0 Å². The third kappa shape index (κ3) is 4.93. The Kier molecular flexibility index (Phi) is 6.95. The number of nitrogens with two attached hydrogens (primary N) is 1. The van der Waals surface area contributed by atoms with Gasteiger partial charge in [-0.05, 0) is 35.6 Å². The predicted molar refractivity (Wildman–Crippen MR) is 62.6 cm³/mol. The van der Waals surface area contributed by atoms with Crippen molar-refractivity contribution in [3.63, 3.8) is 0 Å². The molecule has 1 aromatic carbocycles. The Balaban J connectivity index is 0.000000364. The number of Topliss-reactive ketones (excluding diaryl/α,β-unsaturated/α-hetero) is 1. The quantitative estimate of drug-likeness (QED) is 0.215. The molecule has 0 bridgehead atoms. The lowest BCUT2D eigenvalue weighted by Crippen LogP contribution is -2.18. The first-order valence-electron chi connectivity index (χ1n) is 3.78. The van der Waals surface area contributed by atoms with Crippen molar-refractivity contribution in [1.29, 1.82) is 0 Å². The molecular weight excluding hydrogens is 295 g/mol. The van der Waals surface area contributed by atoms with Crippen molar-refractivity contribution < 1.29 is 9.59 Å². The lowest BCUT2D eigenvalue weighted by molar-refractivity contribution is -0.109. The second-order valence-corrected chi connectivity index (χ2v) is 3.48. The van der Waals surface area contributed by atoms with E-state index in [1.54, 1.807) is 12.3 Å². The maximum absolute atomic E-state index is 10.9. The first-order chi connectivity index (χ1) is 6.63. The number of hydrogen-bond acceptors (Lipinski definition) is 3. The number of carbonyl (C=O) groups excluding carboxylic acids is 2. The average Bonchev–Trinajstić information content (AvgIpc) is 2.18. The van der Waals surface area contributed by atoms with E-state index < -0.39 is 0 Å². The summed E-state index contributed by atoms with van der Waals surface area (Å²) in [6, 6.07) is 7.56. The number of nitrogens with one attached hydrogen (secondary N) is 1. The summed E-state index contributed by atoms with van der Waals surface area (Å²) < 4.78 is 1.02. The highest BCUT2D eigenvalue weighted by atomic mass is 127. The normalized spacial score (nSPS) is 8.21. The van der Waals surface area contributed by atoms with E-state index in [1.807, 2.05) is 24.3 Å². The Morgan fingerprint density at radius 1 is 1.50 bits per heavy atom. The van der Waals surface area contributed by atoms with Crippen molar-refractivity contribution in [1.82, 2.24) is 5.43 Å². The summed E-state index contributed by atoms with van der Waals surface area (Å²) in [5.74, 6) is 4.54. The number of rotatable bonds is 2. The largest absolute Gasteiger partial charge is 0.297 e. The van der Waals surface area contributed by atoms with Crippen LogP contribution < -0.4 is 11.3 Å². The Labute approximate surface area is 96.0 Å². The molecule has 1 rings (SSSR count). The molecule has 0 aliphatic heterocycles. The highest BCUT2D eigenvalue weighted by Crippen LogP contribution is 2.11. The summed E-state index contributed by atoms with van der Waals surface area (Å²) in [5.41, 5.74) is 2.56. The van der Waals surface area contributed by atoms with E-state index in [0.717, 1.165) is 9.13 Å². The molecular formula is C9H11IN2O2. The predicted octanol–water partition coefficient (Wildman–Crippen LogP) is 1.10. The van der Waals surface area contributed by atoms with Gasteiger partial charge < -0.3 is 0 Å². The molecule has 0 unspecified atom stereocenters. The standard InChI is InChI=1S/C8H7IO.CH4N2O/c1-6(10)7-4-2-3-5-8(7)9;2-3-1-4/h2-5H,1H3;1H,2H2,(H,3,4). The molecule has 5 heteroatoms. The maximum Gasteiger partial charge on any atom is 0.221 e. The van der Waals surface area contributed by atoms with Crippen molar-refractivity contribution in [2.75, 3.05) is 0 Å². The van der Waals surface area contributed by atoms with Crippen LogP contribution in [-0.2, 0) is 4.79 Å². The zero-order valence-electron chi connectivity index (χ0n) is 7.66. The zero-order valence-corrected chi connectivity index (χ0v) is 9.82. The summed E-state index contributed by atoms with van der Waals surface area (Å²) in [6.45, 7) is 1.58. The fraction of sp³-hybridized carbons (Fsp3) is 0.111. The monoisotopic (exact) mass is 306 g/mol. The van der Waals surface area contributed by atoms with Gasteiger partial charge in [-0.15, -0.1) is 0 Å². The first-order valence-corrected chi connectivity index (χ1v) is 4.86. The number of carbonyl (C=O) groups is 2. The van der Waals surface area contributed by atoms with Gasteiger partial charge in [-0.3, -0.25) is 15.0 Å². The molecule has 0 heterocycles. The fourth-order valence-corrected chi connectivity index (χ4v) is 1.51. The number of amides is 1. The molecule has 14 heavy (non-hydrogen) atoms. The molecule has 1 amide bonds. The minimum atomic E-state index is 0.130. The molecule has 0 radical (unpaired) electrons. The number of hydrazine groups is 1. The summed E-state index contributed by atoms with van der Waals surface area (Å²) >= 11 is 2.15. The molecule has 0 fully saturated rings. The third-order valence-electron chi connectivity index (χ3n) is 1.32. The molecule has 0 aromatic heterocycles. The van der Waals surface area contributed by atoms with Gasteiger partial charge in [-0.2, -0.15) is 0 Å². The van der Waals surface area contributed by atoms with Gasteiger partial charge in [-0.25, -0.2) is 5.84 Å². The average molecular weight is 306 g/mol. The van der Waals surface area contributed by atoms with Crippen LogP contribution in [0.5, 0.6) is 0 Å². The second kappa shape index (κ2) is 7.45. The molecule has 0 saturated carbocycles. The van der Waals surface area contributed by atoms with Crippen molar-refractivity contribution >= 4 is 34.8 Å². The summed E-state index contributed by atoms with van der Waals surface area (Å²) in [6.07, 6.45) is 0.403. The van der Waals surface area contributed by atoms with Gasteiger partial charge >= 0.3 is 0 Å². The van der Waals surface area contributed by atoms with E-state index in [1.165, 1.54) is 0 Å². The van der Waals surface area contributed by atoms with Crippen LogP contribution in [-0.4, -0.2) is 12.2 Å². The number of hydrogen-bond donors (Lipinski definition) is 2. The minimum absolute atomic E-state index is 0.130. The van der Waals surface area contributed by atoms with Crippen LogP contribution >= 0.6 is 22.6 Å². The van der Waals surface area contributed by atoms with Crippen molar-refractivity contribution in [3.8, 4) is 0 Å². The van der Waals surface area contributed by atoms with Crippen LogP contribution in [0.15, 0.2) is 24.3 Å². The van der Waals surface area contributed by atoms with Gasteiger partial charge in [0.05, 0.1) is 0 Å². The van der Waals surface area contributed by atoms with Crippen LogP contribution in [0, 0.1) is 3.57 Å². The molecule has 0 saturated heterocycles. The topological polar surface area (TPSA) is 72.2 Å². The third-order valence-corrected chi connectivity index (χ3v) is 2.26. The molecule has 0 spiro atoms. The van der Waals surface area contributed by atoms with Crippen LogP contribution in [0.4, 0.5) is 0 Å². The number of benzene rings is 1. The first kappa shape index (κ1) is 13.1. The molecule has 76 valence electrons. The van der Waals surface area contributed by atoms with Crippen molar-refractivity contribution in [2.45, 2.75) is 6.92 Å². The van der Waals surface area contributed by atoms with Crippen LogP contribution in [0.2, 0.25) is 0 Å². The maximum atomic E-state index is 10.9. The lowest BCUT2D eigenvalue weighted by atomic mass is 10.2. The van der Waals surface area contributed by atoms with Gasteiger partial charge in [0, 0.05) is 9.13 Å². The van der Waals surface area contributed by atoms with E-state index in [0.29, 0.717) is 6.41 Å². The minimum Gasteiger partial charge on any atom is -0.297 e. The van der Waals surface area contributed by atoms with E-state index >= 15 is 0 Å². The zero-order chi connectivity index (χ0) is 11.0. The molecule has 0 aliphatic rings. The molecule has 3 N–H and O–H groups in total. The van der Waals surface area contributed by atoms with Crippen LogP contribution in [0.1, 0.15) is 17.3 Å². The van der Waals surface area contributed by atoms with E-state index in [-0.39, 0.29) is 5.78 Å². The highest BCUT2D eigenvalue weighted by molar-refractivity contribution is 14.1. The van der Waals surface area contributed by atoms with Gasteiger partial charge in [-0.1, -0.05) is 18.2 Å². The number of ketones is 1. The van der Waals surface area contributed by atoms with Gasteiger partial charge in [0.15, 0.2) is 5.78 Å². The van der Waals surface area contributed by atoms with Gasteiger partial charge in [0.2, 0.25) is 6.41 Å². The Hall–Kier alpha value is -0.950. The summed E-state index contributed by atoms with van der Waals surface area (Å²) in [4.78, 5) is 19.8. The fourth-order valence-electron chi connectivity index (χ4n) is 0.747. The summed E-state index contributed by atoms with van der Waals surface area (Å²) in [5, 5.41) is 0. The SMILES string of the molecule is CC(=O)c1ccccc1I.NNC=O. The van der Waals surface area contributed by atoms with Crippen molar-refractivity contribution in [2.24, 2.45) is 5.84 Å². The summed E-state index contributed by atoms with van der Waals surface area (Å²) in [7, 11) is 0. The highest BCUT2D eigenvalue weighted by Gasteiger charge is 2.00. The Bertz CT molecular complexity index is 315. The van der Waals surface area contributed by atoms with Crippen molar-refractivity contribution in [3.05, 3.63) is 33.4 Å². The second-order valence-electron chi connectivity index (χ2n) is 2.32. The van der Waals surface area contributed by atoms with E-state index in [9.17, 15) is 4.79 Å². The lowest BCUT2D eigenvalue weighted by Gasteiger charge is -1.96. The number of halogens is 1. The molecule has 0 atom stereocenters. The molecule has 1 aromatic rings. The smallest absolute Gasteiger partial charge is 0.221 e. The van der Waals surface area contributed by atoms with E-state index in [4.69, 9.17) is 4.79 Å². The Morgan fingerprint density at radius 3 is 2.29 bits per heavy atom. The van der Waals surface area contributed by atoms with Gasteiger partial charge in [0.1, 0.15) is 0 Å². The van der Waals surface area contributed by atoms with Crippen LogP contribution in [0.25, 0.3) is 0 Å². The Morgan fingerprint density at radius 2 is 2.00 bits per heavy atom. The van der Waals surface area contributed by atoms with Gasteiger partial charge in [0.25, 0.3) is 0 Å². The van der Waals surface area contributed by atoms with E-state index in [2.05, 4.69) is 28.4 Å². The molecule has 4 nitrogen and oxygen atoms in total.